The predicted molar refractivity (Wildman–Crippen MR) is 95.7 cm³/mol. The number of carbonyl (C=O) groups is 1. The maximum Gasteiger partial charge on any atom is 0.273 e. The van der Waals surface area contributed by atoms with Gasteiger partial charge in [0, 0.05) is 23.6 Å². The number of carbonyl (C=O) groups excluding carboxylic acids is 1. The fourth-order valence-electron chi connectivity index (χ4n) is 2.90. The van der Waals surface area contributed by atoms with Gasteiger partial charge in [-0.05, 0) is 19.8 Å². The average molecular weight is 370 g/mol. The quantitative estimate of drug-likeness (QED) is 0.716. The number of hydrogen-bond donors (Lipinski definition) is 2. The van der Waals surface area contributed by atoms with E-state index in [9.17, 15) is 9.90 Å². The molecule has 2 N–H and O–H groups in total. The van der Waals surface area contributed by atoms with Crippen LogP contribution in [0.2, 0.25) is 0 Å². The van der Waals surface area contributed by atoms with E-state index >= 15 is 0 Å². The molecular formula is C18H18N4O3S. The third-order valence-corrected chi connectivity index (χ3v) is 5.69. The van der Waals surface area contributed by atoms with Crippen molar-refractivity contribution in [3.63, 3.8) is 0 Å². The minimum absolute atomic E-state index is 0.0864. The van der Waals surface area contributed by atoms with E-state index < -0.39 is 6.10 Å². The normalized spacial score (nSPS) is 20.4. The second-order valence-electron chi connectivity index (χ2n) is 6.44. The number of rotatable bonds is 5. The van der Waals surface area contributed by atoms with E-state index in [-0.39, 0.29) is 23.6 Å². The van der Waals surface area contributed by atoms with Crippen molar-refractivity contribution >= 4 is 17.2 Å². The summed E-state index contributed by atoms with van der Waals surface area (Å²) in [7, 11) is 0. The Bertz CT molecular complexity index is 900. The molecule has 0 unspecified atom stereocenters. The fraction of sp³-hybridized carbons (Fsp3) is 0.333. The van der Waals surface area contributed by atoms with E-state index in [1.807, 2.05) is 30.3 Å². The summed E-state index contributed by atoms with van der Waals surface area (Å²) in [6.45, 7) is 1.68. The van der Waals surface area contributed by atoms with Gasteiger partial charge in [-0.2, -0.15) is 0 Å². The number of hydrogen-bond acceptors (Lipinski definition) is 7. The van der Waals surface area contributed by atoms with Gasteiger partial charge in [-0.1, -0.05) is 46.8 Å². The summed E-state index contributed by atoms with van der Waals surface area (Å²) >= 11 is 1.43. The van der Waals surface area contributed by atoms with Gasteiger partial charge in [-0.15, -0.1) is 10.2 Å². The Morgan fingerprint density at radius 3 is 2.77 bits per heavy atom. The van der Waals surface area contributed by atoms with Gasteiger partial charge < -0.3 is 14.9 Å². The van der Waals surface area contributed by atoms with Gasteiger partial charge in [0.15, 0.2) is 11.5 Å². The number of aliphatic hydroxyl groups excluding tert-OH is 1. The lowest BCUT2D eigenvalue weighted by molar-refractivity contribution is 0.0899. The Labute approximate surface area is 154 Å². The van der Waals surface area contributed by atoms with Crippen molar-refractivity contribution in [1.29, 1.82) is 0 Å². The maximum atomic E-state index is 12.3. The summed E-state index contributed by atoms with van der Waals surface area (Å²) in [6, 6.07) is 11.3. The molecule has 1 saturated carbocycles. The fourth-order valence-corrected chi connectivity index (χ4v) is 3.80. The van der Waals surface area contributed by atoms with E-state index in [2.05, 4.69) is 20.7 Å². The summed E-state index contributed by atoms with van der Waals surface area (Å²) in [5.41, 5.74) is 1.16. The van der Waals surface area contributed by atoms with Gasteiger partial charge in [0.2, 0.25) is 0 Å². The highest BCUT2D eigenvalue weighted by atomic mass is 32.1. The highest BCUT2D eigenvalue weighted by molar-refractivity contribution is 7.11. The van der Waals surface area contributed by atoms with Gasteiger partial charge in [0.25, 0.3) is 5.91 Å². The molecule has 0 radical (unpaired) electrons. The average Bonchev–Trinajstić information content (AvgIpc) is 3.28. The molecule has 0 saturated heterocycles. The lowest BCUT2D eigenvalue weighted by atomic mass is 9.80. The Morgan fingerprint density at radius 1 is 1.31 bits per heavy atom. The molecule has 2 aromatic heterocycles. The number of nitrogens with one attached hydrogen (secondary N) is 1. The number of aliphatic hydroxyl groups is 1. The highest BCUT2D eigenvalue weighted by Gasteiger charge is 2.34. The number of amides is 1. The monoisotopic (exact) mass is 370 g/mol. The molecule has 0 bridgehead atoms. The molecule has 1 aliphatic rings. The molecule has 0 aliphatic heterocycles. The van der Waals surface area contributed by atoms with Crippen molar-refractivity contribution < 1.29 is 14.4 Å². The topological polar surface area (TPSA) is 101 Å². The Kier molecular flexibility index (Phi) is 4.52. The summed E-state index contributed by atoms with van der Waals surface area (Å²) in [5, 5.41) is 26.0. The molecule has 134 valence electrons. The SMILES string of the molecule is C[C@@H](O)c1nnc([C@H]2C[C@H](NC(=O)c3cc(-c4ccccc4)on3)C2)s1. The standard InChI is InChI=1S/C18H18N4O3S/c1-10(23)17-20-21-18(26-17)12-7-13(8-12)19-16(24)14-9-15(25-22-14)11-5-3-2-4-6-11/h2-6,9-10,12-13,23H,7-8H2,1H3,(H,19,24)/t10-,12-,13-/m1/s1. The second kappa shape index (κ2) is 6.97. The molecule has 26 heavy (non-hydrogen) atoms. The summed E-state index contributed by atoms with van der Waals surface area (Å²) in [5.74, 6) is 0.616. The Morgan fingerprint density at radius 2 is 2.08 bits per heavy atom. The highest BCUT2D eigenvalue weighted by Crippen LogP contribution is 2.39. The van der Waals surface area contributed by atoms with Crippen molar-refractivity contribution in [1.82, 2.24) is 20.7 Å². The molecule has 0 spiro atoms. The molecule has 1 atom stereocenters. The number of nitrogens with zero attached hydrogens (tertiary/aromatic N) is 3. The lowest BCUT2D eigenvalue weighted by Gasteiger charge is -2.33. The van der Waals surface area contributed by atoms with Crippen molar-refractivity contribution in [2.24, 2.45) is 0 Å². The summed E-state index contributed by atoms with van der Waals surface area (Å²) in [6.07, 6.45) is 1.02. The molecule has 8 heteroatoms. The Balaban J connectivity index is 1.33. The number of benzene rings is 1. The van der Waals surface area contributed by atoms with Gasteiger partial charge in [-0.3, -0.25) is 4.79 Å². The van der Waals surface area contributed by atoms with Crippen molar-refractivity contribution in [2.45, 2.75) is 37.8 Å². The zero-order valence-corrected chi connectivity index (χ0v) is 14.9. The van der Waals surface area contributed by atoms with Crippen LogP contribution in [0.4, 0.5) is 0 Å². The van der Waals surface area contributed by atoms with E-state index in [1.165, 1.54) is 11.3 Å². The molecular weight excluding hydrogens is 352 g/mol. The third-order valence-electron chi connectivity index (χ3n) is 4.44. The smallest absolute Gasteiger partial charge is 0.273 e. The van der Waals surface area contributed by atoms with Crippen LogP contribution in [0, 0.1) is 0 Å². The molecule has 2 heterocycles. The van der Waals surface area contributed by atoms with Crippen LogP contribution in [-0.4, -0.2) is 32.4 Å². The molecule has 7 nitrogen and oxygen atoms in total. The largest absolute Gasteiger partial charge is 0.386 e. The van der Waals surface area contributed by atoms with E-state index in [1.54, 1.807) is 13.0 Å². The van der Waals surface area contributed by atoms with E-state index in [0.29, 0.717) is 10.8 Å². The van der Waals surface area contributed by atoms with Gasteiger partial charge in [0.1, 0.15) is 16.1 Å². The molecule has 4 rings (SSSR count). The van der Waals surface area contributed by atoms with Crippen LogP contribution in [0.5, 0.6) is 0 Å². The zero-order valence-electron chi connectivity index (χ0n) is 14.1. The first-order chi connectivity index (χ1) is 12.6. The van der Waals surface area contributed by atoms with Gasteiger partial charge in [-0.25, -0.2) is 0 Å². The van der Waals surface area contributed by atoms with Crippen LogP contribution in [0.1, 0.15) is 52.3 Å². The first kappa shape index (κ1) is 16.9. The molecule has 1 amide bonds. The molecule has 1 aromatic carbocycles. The van der Waals surface area contributed by atoms with Crippen LogP contribution in [0.3, 0.4) is 0 Å². The maximum absolute atomic E-state index is 12.3. The van der Waals surface area contributed by atoms with E-state index in [0.717, 1.165) is 23.4 Å². The first-order valence-corrected chi connectivity index (χ1v) is 9.26. The first-order valence-electron chi connectivity index (χ1n) is 8.44. The zero-order chi connectivity index (χ0) is 18.1. The minimum atomic E-state index is -0.595. The lowest BCUT2D eigenvalue weighted by Crippen LogP contribution is -2.43. The minimum Gasteiger partial charge on any atom is -0.386 e. The van der Waals surface area contributed by atoms with Crippen molar-refractivity contribution in [3.05, 3.63) is 52.1 Å². The van der Waals surface area contributed by atoms with Crippen LogP contribution >= 0.6 is 11.3 Å². The third kappa shape index (κ3) is 3.38. The molecule has 1 fully saturated rings. The predicted octanol–water partition coefficient (Wildman–Crippen LogP) is 2.92. The van der Waals surface area contributed by atoms with Crippen LogP contribution < -0.4 is 5.32 Å². The second-order valence-corrected chi connectivity index (χ2v) is 7.48. The van der Waals surface area contributed by atoms with Crippen LogP contribution in [0.25, 0.3) is 11.3 Å². The summed E-state index contributed by atoms with van der Waals surface area (Å²) in [4.78, 5) is 12.3. The Hall–Kier alpha value is -2.58. The van der Waals surface area contributed by atoms with Crippen molar-refractivity contribution in [2.75, 3.05) is 0 Å². The summed E-state index contributed by atoms with van der Waals surface area (Å²) < 4.78 is 5.27. The van der Waals surface area contributed by atoms with Crippen LogP contribution in [0.15, 0.2) is 40.9 Å². The number of aromatic nitrogens is 3. The molecule has 1 aliphatic carbocycles. The van der Waals surface area contributed by atoms with Crippen molar-refractivity contribution in [3.8, 4) is 11.3 Å². The molecule has 3 aromatic rings. The van der Waals surface area contributed by atoms with Crippen LogP contribution in [-0.2, 0) is 0 Å². The van der Waals surface area contributed by atoms with Gasteiger partial charge >= 0.3 is 0 Å². The van der Waals surface area contributed by atoms with Gasteiger partial charge in [0.05, 0.1) is 0 Å². The van der Waals surface area contributed by atoms with E-state index in [4.69, 9.17) is 4.52 Å².